The smallest absolute Gasteiger partial charge is 0.408 e. The Morgan fingerprint density at radius 2 is 1.81 bits per heavy atom. The topological polar surface area (TPSA) is 131 Å². The van der Waals surface area contributed by atoms with Crippen molar-refractivity contribution in [1.29, 1.82) is 0 Å². The average Bonchev–Trinajstić information content (AvgIpc) is 2.62. The number of benzene rings is 1. The Labute approximate surface area is 150 Å². The van der Waals surface area contributed by atoms with Gasteiger partial charge in [-0.1, -0.05) is 43.0 Å². The molecule has 0 spiro atoms. The zero-order chi connectivity index (χ0) is 19.4. The quantitative estimate of drug-likeness (QED) is 0.532. The van der Waals surface area contributed by atoms with Crippen LogP contribution in [0, 0.1) is 0 Å². The maximum absolute atomic E-state index is 12.0. The Morgan fingerprint density at radius 3 is 2.42 bits per heavy atom. The van der Waals surface area contributed by atoms with Gasteiger partial charge in [-0.05, 0) is 5.56 Å². The first kappa shape index (κ1) is 20.7. The highest BCUT2D eigenvalue weighted by molar-refractivity contribution is 5.92. The van der Waals surface area contributed by atoms with Gasteiger partial charge in [0.25, 0.3) is 0 Å². The summed E-state index contributed by atoms with van der Waals surface area (Å²) in [5.41, 5.74) is 0.839. The Kier molecular flexibility index (Phi) is 8.94. The first-order valence-corrected chi connectivity index (χ1v) is 7.65. The minimum atomic E-state index is -1.38. The largest absolute Gasteiger partial charge is 0.481 e. The molecular weight excluding hydrogens is 344 g/mol. The Hall–Kier alpha value is -3.36. The van der Waals surface area contributed by atoms with Gasteiger partial charge in [0.05, 0.1) is 6.42 Å². The number of amides is 2. The molecule has 1 aromatic rings. The summed E-state index contributed by atoms with van der Waals surface area (Å²) >= 11 is 0. The van der Waals surface area contributed by atoms with Crippen LogP contribution in [0.3, 0.4) is 0 Å². The molecule has 0 bridgehead atoms. The fourth-order valence-corrected chi connectivity index (χ4v) is 1.80. The highest BCUT2D eigenvalue weighted by Gasteiger charge is 2.25. The van der Waals surface area contributed by atoms with E-state index in [9.17, 15) is 19.2 Å². The lowest BCUT2D eigenvalue weighted by atomic mass is 10.1. The second-order valence-electron chi connectivity index (χ2n) is 5.06. The van der Waals surface area contributed by atoms with Gasteiger partial charge in [-0.2, -0.15) is 0 Å². The van der Waals surface area contributed by atoms with Crippen LogP contribution in [0.25, 0.3) is 0 Å². The lowest BCUT2D eigenvalue weighted by Gasteiger charge is -2.15. The van der Waals surface area contributed by atoms with Gasteiger partial charge in [0.15, 0.2) is 12.4 Å². The van der Waals surface area contributed by atoms with Crippen LogP contribution >= 0.6 is 0 Å². The van der Waals surface area contributed by atoms with Crippen LogP contribution in [-0.4, -0.2) is 48.3 Å². The van der Waals surface area contributed by atoms with Crippen molar-refractivity contribution >= 4 is 23.9 Å². The summed E-state index contributed by atoms with van der Waals surface area (Å²) in [6.45, 7) is 2.77. The summed E-state index contributed by atoms with van der Waals surface area (Å²) < 4.78 is 9.38. The van der Waals surface area contributed by atoms with Crippen LogP contribution in [0.1, 0.15) is 12.0 Å². The fraction of sp³-hybridized carbons (Fsp3) is 0.294. The van der Waals surface area contributed by atoms with Gasteiger partial charge in [0.1, 0.15) is 12.6 Å². The second kappa shape index (κ2) is 11.2. The Balaban J connectivity index is 2.46. The molecule has 1 atom stereocenters. The number of alkyl carbamates (subject to hydrolysis) is 2. The molecule has 0 aliphatic rings. The molecule has 0 fully saturated rings. The van der Waals surface area contributed by atoms with Gasteiger partial charge in [0, 0.05) is 6.54 Å². The predicted molar refractivity (Wildman–Crippen MR) is 90.4 cm³/mol. The first-order valence-electron chi connectivity index (χ1n) is 7.65. The third-order valence-electron chi connectivity index (χ3n) is 3.02. The van der Waals surface area contributed by atoms with E-state index in [1.54, 1.807) is 24.3 Å². The Morgan fingerprint density at radius 1 is 1.12 bits per heavy atom. The molecule has 1 rings (SSSR count). The minimum absolute atomic E-state index is 0.0990. The molecule has 9 nitrogen and oxygen atoms in total. The van der Waals surface area contributed by atoms with E-state index in [1.807, 2.05) is 6.07 Å². The van der Waals surface area contributed by atoms with Gasteiger partial charge in [-0.25, -0.2) is 9.59 Å². The molecule has 2 amide bonds. The lowest BCUT2D eigenvalue weighted by Crippen LogP contribution is -2.44. The van der Waals surface area contributed by atoms with E-state index < -0.39 is 43.0 Å². The molecule has 0 unspecified atom stereocenters. The second-order valence-corrected chi connectivity index (χ2v) is 5.06. The molecule has 26 heavy (non-hydrogen) atoms. The molecule has 1 aromatic carbocycles. The zero-order valence-corrected chi connectivity index (χ0v) is 14.0. The van der Waals surface area contributed by atoms with E-state index in [0.717, 1.165) is 5.56 Å². The van der Waals surface area contributed by atoms with Crippen LogP contribution in [-0.2, 0) is 25.6 Å². The summed E-state index contributed by atoms with van der Waals surface area (Å²) in [7, 11) is 0. The third-order valence-corrected chi connectivity index (χ3v) is 3.02. The van der Waals surface area contributed by atoms with Gasteiger partial charge in [-0.15, -0.1) is 0 Å². The first-order chi connectivity index (χ1) is 12.4. The number of carboxylic acids is 1. The number of ether oxygens (including phenoxy) is 2. The number of carbonyl (C=O) groups excluding carboxylic acids is 3. The number of ketones is 1. The third kappa shape index (κ3) is 8.48. The van der Waals surface area contributed by atoms with Gasteiger partial charge >= 0.3 is 18.2 Å². The van der Waals surface area contributed by atoms with Crippen molar-refractivity contribution in [2.45, 2.75) is 19.0 Å². The van der Waals surface area contributed by atoms with E-state index in [2.05, 4.69) is 21.9 Å². The van der Waals surface area contributed by atoms with Crippen molar-refractivity contribution in [3.05, 3.63) is 48.6 Å². The number of carboxylic acid groups (broad SMARTS) is 1. The van der Waals surface area contributed by atoms with Crippen molar-refractivity contribution in [2.75, 3.05) is 13.2 Å². The number of hydrogen-bond acceptors (Lipinski definition) is 6. The SMILES string of the molecule is C=CCOC(=O)N[C@@H](CC(=O)O)C(=O)COC(=O)NCc1ccccc1. The van der Waals surface area contributed by atoms with Crippen molar-refractivity contribution in [3.8, 4) is 0 Å². The monoisotopic (exact) mass is 364 g/mol. The maximum atomic E-state index is 12.0. The standard InChI is InChI=1S/C17H20N2O7/c1-2-8-25-17(24)19-13(9-15(21)22)14(20)11-26-16(23)18-10-12-6-4-3-5-7-12/h2-7,13H,1,8-11H2,(H,18,23)(H,19,24)(H,21,22)/t13-/m0/s1. The zero-order valence-electron chi connectivity index (χ0n) is 14.0. The molecule has 0 saturated carbocycles. The van der Waals surface area contributed by atoms with Crippen molar-refractivity contribution in [2.24, 2.45) is 0 Å². The summed E-state index contributed by atoms with van der Waals surface area (Å²) in [5, 5.41) is 13.4. The number of aliphatic carboxylic acids is 1. The number of nitrogens with one attached hydrogen (secondary N) is 2. The van der Waals surface area contributed by atoms with Crippen molar-refractivity contribution in [1.82, 2.24) is 10.6 Å². The van der Waals surface area contributed by atoms with Gasteiger partial charge in [0.2, 0.25) is 0 Å². The normalized spacial score (nSPS) is 10.9. The van der Waals surface area contributed by atoms with Crippen LogP contribution in [0.2, 0.25) is 0 Å². The van der Waals surface area contributed by atoms with Crippen LogP contribution in [0.5, 0.6) is 0 Å². The van der Waals surface area contributed by atoms with E-state index in [4.69, 9.17) is 9.84 Å². The number of carbonyl (C=O) groups is 4. The van der Waals surface area contributed by atoms with Crippen molar-refractivity contribution in [3.63, 3.8) is 0 Å². The van der Waals surface area contributed by atoms with Crippen LogP contribution in [0.15, 0.2) is 43.0 Å². The number of hydrogen-bond donors (Lipinski definition) is 3. The molecule has 0 saturated heterocycles. The van der Waals surface area contributed by atoms with Crippen LogP contribution < -0.4 is 10.6 Å². The highest BCUT2D eigenvalue weighted by atomic mass is 16.6. The van der Waals surface area contributed by atoms with Gasteiger partial charge < -0.3 is 25.2 Å². The average molecular weight is 364 g/mol. The fourth-order valence-electron chi connectivity index (χ4n) is 1.80. The molecular formula is C17H20N2O7. The van der Waals surface area contributed by atoms with Crippen LogP contribution in [0.4, 0.5) is 9.59 Å². The Bertz CT molecular complexity index is 646. The molecule has 0 aliphatic heterocycles. The van der Waals surface area contributed by atoms with E-state index in [0.29, 0.717) is 0 Å². The highest BCUT2D eigenvalue weighted by Crippen LogP contribution is 1.99. The van der Waals surface area contributed by atoms with E-state index >= 15 is 0 Å². The van der Waals surface area contributed by atoms with E-state index in [-0.39, 0.29) is 13.2 Å². The summed E-state index contributed by atoms with van der Waals surface area (Å²) in [5.74, 6) is -2.08. The molecule has 0 radical (unpaired) electrons. The lowest BCUT2D eigenvalue weighted by molar-refractivity contribution is -0.139. The molecule has 140 valence electrons. The predicted octanol–water partition coefficient (Wildman–Crippen LogP) is 1.24. The molecule has 9 heteroatoms. The molecule has 0 aliphatic carbocycles. The summed E-state index contributed by atoms with van der Waals surface area (Å²) in [4.78, 5) is 45.9. The minimum Gasteiger partial charge on any atom is -0.481 e. The summed E-state index contributed by atoms with van der Waals surface area (Å²) in [6, 6.07) is 7.65. The molecule has 0 aromatic heterocycles. The molecule has 0 heterocycles. The number of rotatable bonds is 10. The van der Waals surface area contributed by atoms with Gasteiger partial charge in [-0.3, -0.25) is 9.59 Å². The molecule has 3 N–H and O–H groups in total. The summed E-state index contributed by atoms with van der Waals surface area (Å²) in [6.07, 6.45) is -1.17. The number of Topliss-reactive ketones (excluding diaryl/α,β-unsaturated/α-hetero) is 1. The maximum Gasteiger partial charge on any atom is 0.408 e. The van der Waals surface area contributed by atoms with E-state index in [1.165, 1.54) is 6.08 Å². The van der Waals surface area contributed by atoms with Crippen molar-refractivity contribution < 1.29 is 33.8 Å².